The molecule has 2 rings (SSSR count). The highest BCUT2D eigenvalue weighted by Gasteiger charge is 2.16. The molecule has 0 aliphatic carbocycles. The van der Waals surface area contributed by atoms with Gasteiger partial charge in [0.15, 0.2) is 0 Å². The molecule has 2 aromatic rings. The van der Waals surface area contributed by atoms with Gasteiger partial charge in [-0.3, -0.25) is 0 Å². The Morgan fingerprint density at radius 1 is 1.24 bits per heavy atom. The SMILES string of the molecule is CCNC(Cc1ccc(F)cc1Br)c1ccccc1OC. The van der Waals surface area contributed by atoms with Gasteiger partial charge in [0.25, 0.3) is 0 Å². The monoisotopic (exact) mass is 351 g/mol. The highest BCUT2D eigenvalue weighted by molar-refractivity contribution is 9.10. The Morgan fingerprint density at radius 3 is 2.67 bits per heavy atom. The van der Waals surface area contributed by atoms with Gasteiger partial charge in [-0.15, -0.1) is 0 Å². The minimum atomic E-state index is -0.233. The molecule has 0 bridgehead atoms. The maximum atomic E-state index is 13.2. The normalized spacial score (nSPS) is 12.2. The minimum absolute atomic E-state index is 0.118. The second-order valence-corrected chi connectivity index (χ2v) is 5.65. The fourth-order valence-corrected chi connectivity index (χ4v) is 2.91. The van der Waals surface area contributed by atoms with Crippen LogP contribution in [0.15, 0.2) is 46.9 Å². The van der Waals surface area contributed by atoms with E-state index in [1.807, 2.05) is 24.3 Å². The maximum absolute atomic E-state index is 13.2. The molecule has 0 aliphatic heterocycles. The van der Waals surface area contributed by atoms with E-state index in [9.17, 15) is 4.39 Å². The lowest BCUT2D eigenvalue weighted by Gasteiger charge is -2.21. The van der Waals surface area contributed by atoms with Crippen molar-refractivity contribution in [1.29, 1.82) is 0 Å². The van der Waals surface area contributed by atoms with E-state index in [0.29, 0.717) is 0 Å². The summed E-state index contributed by atoms with van der Waals surface area (Å²) in [5, 5.41) is 3.47. The number of nitrogens with one attached hydrogen (secondary N) is 1. The fourth-order valence-electron chi connectivity index (χ4n) is 2.40. The van der Waals surface area contributed by atoms with E-state index in [0.717, 1.165) is 34.3 Å². The molecule has 0 aliphatic rings. The van der Waals surface area contributed by atoms with Gasteiger partial charge in [-0.05, 0) is 36.7 Å². The van der Waals surface area contributed by atoms with Crippen molar-refractivity contribution in [3.05, 3.63) is 63.9 Å². The van der Waals surface area contributed by atoms with Crippen molar-refractivity contribution < 1.29 is 9.13 Å². The zero-order chi connectivity index (χ0) is 15.2. The van der Waals surface area contributed by atoms with Crippen LogP contribution in [-0.4, -0.2) is 13.7 Å². The van der Waals surface area contributed by atoms with E-state index >= 15 is 0 Å². The van der Waals surface area contributed by atoms with Crippen molar-refractivity contribution in [3.8, 4) is 5.75 Å². The van der Waals surface area contributed by atoms with E-state index in [1.54, 1.807) is 7.11 Å². The van der Waals surface area contributed by atoms with Crippen LogP contribution in [0.3, 0.4) is 0 Å². The topological polar surface area (TPSA) is 21.3 Å². The zero-order valence-corrected chi connectivity index (χ0v) is 13.8. The largest absolute Gasteiger partial charge is 0.496 e. The van der Waals surface area contributed by atoms with Gasteiger partial charge in [0.05, 0.1) is 7.11 Å². The second-order valence-electron chi connectivity index (χ2n) is 4.79. The van der Waals surface area contributed by atoms with Gasteiger partial charge < -0.3 is 10.1 Å². The first-order valence-corrected chi connectivity index (χ1v) is 7.75. The van der Waals surface area contributed by atoms with Crippen LogP contribution in [0.4, 0.5) is 4.39 Å². The van der Waals surface area contributed by atoms with Crippen LogP contribution in [0.2, 0.25) is 0 Å². The van der Waals surface area contributed by atoms with Crippen molar-refractivity contribution in [3.63, 3.8) is 0 Å². The molecule has 0 amide bonds. The summed E-state index contributed by atoms with van der Waals surface area (Å²) in [6.45, 7) is 2.92. The summed E-state index contributed by atoms with van der Waals surface area (Å²) in [6, 6.07) is 12.9. The third-order valence-electron chi connectivity index (χ3n) is 3.40. The molecule has 2 aromatic carbocycles. The summed E-state index contributed by atoms with van der Waals surface area (Å²) in [6.07, 6.45) is 0.759. The van der Waals surface area contributed by atoms with Gasteiger partial charge in [-0.2, -0.15) is 0 Å². The molecule has 1 atom stereocenters. The predicted octanol–water partition coefficient (Wildman–Crippen LogP) is 4.49. The predicted molar refractivity (Wildman–Crippen MR) is 87.2 cm³/mol. The first-order valence-electron chi connectivity index (χ1n) is 6.96. The van der Waals surface area contributed by atoms with Crippen LogP contribution in [0.25, 0.3) is 0 Å². The minimum Gasteiger partial charge on any atom is -0.496 e. The van der Waals surface area contributed by atoms with Gasteiger partial charge >= 0.3 is 0 Å². The third kappa shape index (κ3) is 4.05. The van der Waals surface area contributed by atoms with Crippen molar-refractivity contribution in [2.45, 2.75) is 19.4 Å². The third-order valence-corrected chi connectivity index (χ3v) is 4.14. The van der Waals surface area contributed by atoms with E-state index in [4.69, 9.17) is 4.74 Å². The van der Waals surface area contributed by atoms with E-state index < -0.39 is 0 Å². The van der Waals surface area contributed by atoms with E-state index in [1.165, 1.54) is 12.1 Å². The van der Waals surface area contributed by atoms with Crippen LogP contribution in [-0.2, 0) is 6.42 Å². The summed E-state index contributed by atoms with van der Waals surface area (Å²) in [5.41, 5.74) is 2.17. The van der Waals surface area contributed by atoms with Crippen LogP contribution in [0.5, 0.6) is 5.75 Å². The molecule has 0 spiro atoms. The Kier molecular flexibility index (Phi) is 5.76. The first-order chi connectivity index (χ1) is 10.2. The molecular formula is C17H19BrFNO. The molecule has 2 nitrogen and oxygen atoms in total. The average Bonchev–Trinajstić information content (AvgIpc) is 2.49. The summed E-state index contributed by atoms with van der Waals surface area (Å²) < 4.78 is 19.4. The standard InChI is InChI=1S/C17H19BrFNO/c1-3-20-16(14-6-4-5-7-17(14)21-2)10-12-8-9-13(19)11-15(12)18/h4-9,11,16,20H,3,10H2,1-2H3. The molecule has 0 saturated heterocycles. The van der Waals surface area contributed by atoms with Crippen molar-refractivity contribution in [2.75, 3.05) is 13.7 Å². The number of hydrogen-bond donors (Lipinski definition) is 1. The van der Waals surface area contributed by atoms with Crippen LogP contribution in [0, 0.1) is 5.82 Å². The number of ether oxygens (including phenoxy) is 1. The Bertz CT molecular complexity index is 603. The van der Waals surface area contributed by atoms with Gasteiger partial charge in [-0.25, -0.2) is 4.39 Å². The molecule has 4 heteroatoms. The summed E-state index contributed by atoms with van der Waals surface area (Å²) in [5.74, 6) is 0.629. The second kappa shape index (κ2) is 7.57. The van der Waals surface area contributed by atoms with Crippen molar-refractivity contribution in [1.82, 2.24) is 5.32 Å². The quantitative estimate of drug-likeness (QED) is 0.827. The zero-order valence-electron chi connectivity index (χ0n) is 12.2. The number of para-hydroxylation sites is 1. The average molecular weight is 352 g/mol. The van der Waals surface area contributed by atoms with Crippen LogP contribution >= 0.6 is 15.9 Å². The van der Waals surface area contributed by atoms with Gasteiger partial charge in [-0.1, -0.05) is 47.1 Å². The summed E-state index contributed by atoms with van der Waals surface area (Å²) in [4.78, 5) is 0. The molecule has 1 N–H and O–H groups in total. The Balaban J connectivity index is 2.30. The number of benzene rings is 2. The van der Waals surface area contributed by atoms with Crippen LogP contribution in [0.1, 0.15) is 24.1 Å². The van der Waals surface area contributed by atoms with Crippen molar-refractivity contribution >= 4 is 15.9 Å². The molecule has 1 unspecified atom stereocenters. The first kappa shape index (κ1) is 16.0. The smallest absolute Gasteiger partial charge is 0.124 e. The van der Waals surface area contributed by atoms with E-state index in [-0.39, 0.29) is 11.9 Å². The fraction of sp³-hybridized carbons (Fsp3) is 0.294. The lowest BCUT2D eigenvalue weighted by Crippen LogP contribution is -2.23. The summed E-state index contributed by atoms with van der Waals surface area (Å²) >= 11 is 3.44. The molecule has 21 heavy (non-hydrogen) atoms. The molecule has 0 radical (unpaired) electrons. The summed E-state index contributed by atoms with van der Waals surface area (Å²) in [7, 11) is 1.68. The van der Waals surface area contributed by atoms with E-state index in [2.05, 4.69) is 34.2 Å². The lowest BCUT2D eigenvalue weighted by molar-refractivity contribution is 0.399. The highest BCUT2D eigenvalue weighted by Crippen LogP contribution is 2.29. The molecule has 0 heterocycles. The van der Waals surface area contributed by atoms with Gasteiger partial charge in [0.1, 0.15) is 11.6 Å². The Morgan fingerprint density at radius 2 is 2.00 bits per heavy atom. The van der Waals surface area contributed by atoms with Gasteiger partial charge in [0, 0.05) is 16.1 Å². The molecular weight excluding hydrogens is 333 g/mol. The van der Waals surface area contributed by atoms with Gasteiger partial charge in [0.2, 0.25) is 0 Å². The molecule has 112 valence electrons. The molecule has 0 saturated carbocycles. The highest BCUT2D eigenvalue weighted by atomic mass is 79.9. The van der Waals surface area contributed by atoms with Crippen LogP contribution < -0.4 is 10.1 Å². The Labute approximate surface area is 133 Å². The maximum Gasteiger partial charge on any atom is 0.124 e. The van der Waals surface area contributed by atoms with Crippen molar-refractivity contribution in [2.24, 2.45) is 0 Å². The number of halogens is 2. The number of hydrogen-bond acceptors (Lipinski definition) is 2. The molecule has 0 aromatic heterocycles. The lowest BCUT2D eigenvalue weighted by atomic mass is 9.98. The molecule has 0 fully saturated rings. The number of likely N-dealkylation sites (N-methyl/N-ethyl adjacent to an activating group) is 1. The number of methoxy groups -OCH3 is 1. The number of rotatable bonds is 6. The Hall–Kier alpha value is -1.39.